The lowest BCUT2D eigenvalue weighted by atomic mass is 9.87. The van der Waals surface area contributed by atoms with Crippen LogP contribution in [0.4, 0.5) is 15.3 Å². The molecule has 2 aliphatic heterocycles. The molecular weight excluding hydrogens is 336 g/mol. The zero-order valence-corrected chi connectivity index (χ0v) is 14.7. The first-order chi connectivity index (χ1) is 12.4. The number of imide groups is 1. The lowest BCUT2D eigenvalue weighted by Crippen LogP contribution is -2.56. The summed E-state index contributed by atoms with van der Waals surface area (Å²) in [6, 6.07) is 5.04. The number of aromatic nitrogens is 2. The maximum Gasteiger partial charge on any atom is 0.324 e. The fourth-order valence-corrected chi connectivity index (χ4v) is 3.67. The number of anilines is 1. The maximum absolute atomic E-state index is 12.6. The Hall–Kier alpha value is -3.10. The summed E-state index contributed by atoms with van der Waals surface area (Å²) in [7, 11) is 3.32. The van der Waals surface area contributed by atoms with E-state index in [1.54, 1.807) is 15.8 Å². The number of rotatable bonds is 1. The summed E-state index contributed by atoms with van der Waals surface area (Å²) < 4.78 is 1.75. The first kappa shape index (κ1) is 16.4. The summed E-state index contributed by atoms with van der Waals surface area (Å²) in [6.07, 6.45) is 2.54. The number of carbonyl (C=O) groups is 3. The van der Waals surface area contributed by atoms with Gasteiger partial charge in [0, 0.05) is 32.6 Å². The van der Waals surface area contributed by atoms with Gasteiger partial charge in [-0.15, -0.1) is 0 Å². The van der Waals surface area contributed by atoms with Gasteiger partial charge in [-0.1, -0.05) is 6.07 Å². The highest BCUT2D eigenvalue weighted by Crippen LogP contribution is 2.29. The molecule has 1 spiro atoms. The zero-order chi connectivity index (χ0) is 18.5. The van der Waals surface area contributed by atoms with Gasteiger partial charge in [0.15, 0.2) is 0 Å². The number of hydrogen-bond donors (Lipinski definition) is 2. The highest BCUT2D eigenvalue weighted by atomic mass is 16.2. The molecule has 136 valence electrons. The molecule has 2 fully saturated rings. The Bertz CT molecular complexity index is 912. The van der Waals surface area contributed by atoms with Crippen molar-refractivity contribution in [2.45, 2.75) is 18.4 Å². The minimum Gasteiger partial charge on any atom is -0.324 e. The molecule has 2 saturated heterocycles. The van der Waals surface area contributed by atoms with Gasteiger partial charge >= 0.3 is 12.1 Å². The lowest BCUT2D eigenvalue weighted by Gasteiger charge is -2.37. The standard InChI is InChI=1S/C17H20N6O3/c1-21-14(24)17(20-16(21)26)6-8-23(9-7-17)15(25)19-12-4-3-5-13-11(12)10-18-22(13)2/h3-5,10H,6-9H2,1-2H3,(H,19,25)(H,20,26). The van der Waals surface area contributed by atoms with Gasteiger partial charge in [0.1, 0.15) is 5.54 Å². The van der Waals surface area contributed by atoms with Crippen LogP contribution < -0.4 is 10.6 Å². The Kier molecular flexibility index (Phi) is 3.60. The van der Waals surface area contributed by atoms with Crippen LogP contribution in [0.3, 0.4) is 0 Å². The first-order valence-electron chi connectivity index (χ1n) is 8.48. The number of amides is 5. The van der Waals surface area contributed by atoms with Gasteiger partial charge in [-0.05, 0) is 25.0 Å². The van der Waals surface area contributed by atoms with Crippen LogP contribution >= 0.6 is 0 Å². The van der Waals surface area contributed by atoms with E-state index in [0.717, 1.165) is 15.8 Å². The molecule has 4 rings (SSSR count). The van der Waals surface area contributed by atoms with E-state index < -0.39 is 5.54 Å². The monoisotopic (exact) mass is 356 g/mol. The second-order valence-corrected chi connectivity index (χ2v) is 6.80. The number of nitrogens with one attached hydrogen (secondary N) is 2. The van der Waals surface area contributed by atoms with Crippen LogP contribution in [0.25, 0.3) is 10.9 Å². The summed E-state index contributed by atoms with van der Waals surface area (Å²) in [5, 5.41) is 10.8. The number of fused-ring (bicyclic) bond motifs is 1. The Morgan fingerprint density at radius 1 is 1.23 bits per heavy atom. The molecule has 9 heteroatoms. The summed E-state index contributed by atoms with van der Waals surface area (Å²) in [6.45, 7) is 0.795. The van der Waals surface area contributed by atoms with Crippen molar-refractivity contribution in [2.24, 2.45) is 7.05 Å². The molecule has 2 N–H and O–H groups in total. The summed E-state index contributed by atoms with van der Waals surface area (Å²) in [5.74, 6) is -0.220. The number of benzene rings is 1. The van der Waals surface area contributed by atoms with E-state index in [1.165, 1.54) is 7.05 Å². The molecule has 1 aromatic carbocycles. The molecule has 0 saturated carbocycles. The Balaban J connectivity index is 1.46. The van der Waals surface area contributed by atoms with Crippen molar-refractivity contribution < 1.29 is 14.4 Å². The van der Waals surface area contributed by atoms with Crippen molar-refractivity contribution in [3.05, 3.63) is 24.4 Å². The third-order valence-electron chi connectivity index (χ3n) is 5.30. The minimum atomic E-state index is -0.869. The van der Waals surface area contributed by atoms with Gasteiger partial charge in [0.25, 0.3) is 5.91 Å². The number of piperidine rings is 1. The minimum absolute atomic E-state index is 0.220. The van der Waals surface area contributed by atoms with Crippen LogP contribution in [0.2, 0.25) is 0 Å². The Morgan fingerprint density at radius 2 is 1.96 bits per heavy atom. The third kappa shape index (κ3) is 2.39. The van der Waals surface area contributed by atoms with Crippen molar-refractivity contribution in [3.8, 4) is 0 Å². The van der Waals surface area contributed by atoms with Crippen LogP contribution in [0, 0.1) is 0 Å². The number of nitrogens with zero attached hydrogens (tertiary/aromatic N) is 4. The van der Waals surface area contributed by atoms with E-state index in [0.29, 0.717) is 31.6 Å². The molecule has 5 amide bonds. The SMILES string of the molecule is CN1C(=O)NC2(CCN(C(=O)Nc3cccc4c3cnn4C)CC2)C1=O. The molecular formula is C17H20N6O3. The predicted octanol–water partition coefficient (Wildman–Crippen LogP) is 1.12. The zero-order valence-electron chi connectivity index (χ0n) is 14.7. The Morgan fingerprint density at radius 3 is 2.62 bits per heavy atom. The van der Waals surface area contributed by atoms with Crippen LogP contribution in [0.5, 0.6) is 0 Å². The molecule has 2 aliphatic rings. The van der Waals surface area contributed by atoms with Crippen molar-refractivity contribution in [2.75, 3.05) is 25.5 Å². The fraction of sp³-hybridized carbons (Fsp3) is 0.412. The third-order valence-corrected chi connectivity index (χ3v) is 5.30. The molecule has 9 nitrogen and oxygen atoms in total. The van der Waals surface area contributed by atoms with Crippen LogP contribution in [-0.4, -0.2) is 63.2 Å². The van der Waals surface area contributed by atoms with Gasteiger partial charge < -0.3 is 15.5 Å². The van der Waals surface area contributed by atoms with Crippen LogP contribution in [-0.2, 0) is 11.8 Å². The number of likely N-dealkylation sites (N-methyl/N-ethyl adjacent to an activating group) is 1. The summed E-state index contributed by atoms with van der Waals surface area (Å²) in [5.41, 5.74) is 0.764. The smallest absolute Gasteiger partial charge is 0.324 e. The normalized spacial score (nSPS) is 19.3. The van der Waals surface area contributed by atoms with Gasteiger partial charge in [-0.3, -0.25) is 14.4 Å². The predicted molar refractivity (Wildman–Crippen MR) is 94.6 cm³/mol. The van der Waals surface area contributed by atoms with Crippen molar-refractivity contribution in [1.82, 2.24) is 24.9 Å². The van der Waals surface area contributed by atoms with Crippen molar-refractivity contribution in [1.29, 1.82) is 0 Å². The van der Waals surface area contributed by atoms with E-state index in [4.69, 9.17) is 0 Å². The average molecular weight is 356 g/mol. The number of urea groups is 2. The first-order valence-corrected chi connectivity index (χ1v) is 8.48. The summed E-state index contributed by atoms with van der Waals surface area (Å²) >= 11 is 0. The molecule has 1 aromatic heterocycles. The average Bonchev–Trinajstić information content (AvgIpc) is 3.11. The van der Waals surface area contributed by atoms with E-state index in [2.05, 4.69) is 15.7 Å². The van der Waals surface area contributed by atoms with E-state index >= 15 is 0 Å². The van der Waals surface area contributed by atoms with Gasteiger partial charge in [-0.25, -0.2) is 9.59 Å². The van der Waals surface area contributed by atoms with E-state index in [-0.39, 0.29) is 18.0 Å². The number of likely N-dealkylation sites (tertiary alicyclic amines) is 1. The molecule has 0 aliphatic carbocycles. The molecule has 2 aromatic rings. The molecule has 0 bridgehead atoms. The Labute approximate surface area is 149 Å². The van der Waals surface area contributed by atoms with E-state index in [9.17, 15) is 14.4 Å². The van der Waals surface area contributed by atoms with Gasteiger partial charge in [-0.2, -0.15) is 5.10 Å². The van der Waals surface area contributed by atoms with Crippen LogP contribution in [0.15, 0.2) is 24.4 Å². The molecule has 0 radical (unpaired) electrons. The van der Waals surface area contributed by atoms with E-state index in [1.807, 2.05) is 25.2 Å². The molecule has 26 heavy (non-hydrogen) atoms. The highest BCUT2D eigenvalue weighted by Gasteiger charge is 2.51. The second kappa shape index (κ2) is 5.72. The number of aryl methyl sites for hydroxylation is 1. The van der Waals surface area contributed by atoms with Gasteiger partial charge in [0.05, 0.1) is 17.4 Å². The number of carbonyl (C=O) groups excluding carboxylic acids is 3. The number of hydrogen-bond acceptors (Lipinski definition) is 4. The fourth-order valence-electron chi connectivity index (χ4n) is 3.67. The van der Waals surface area contributed by atoms with Crippen LogP contribution in [0.1, 0.15) is 12.8 Å². The molecule has 0 atom stereocenters. The van der Waals surface area contributed by atoms with Crippen molar-refractivity contribution in [3.63, 3.8) is 0 Å². The quantitative estimate of drug-likeness (QED) is 0.748. The summed E-state index contributed by atoms with van der Waals surface area (Å²) in [4.78, 5) is 39.5. The highest BCUT2D eigenvalue weighted by molar-refractivity contribution is 6.07. The second-order valence-electron chi connectivity index (χ2n) is 6.80. The maximum atomic E-state index is 12.6. The largest absolute Gasteiger partial charge is 0.324 e. The van der Waals surface area contributed by atoms with Crippen molar-refractivity contribution >= 4 is 34.6 Å². The topological polar surface area (TPSA) is 99.6 Å². The molecule has 0 unspecified atom stereocenters. The van der Waals surface area contributed by atoms with Gasteiger partial charge in [0.2, 0.25) is 0 Å². The molecule has 3 heterocycles. The lowest BCUT2D eigenvalue weighted by molar-refractivity contribution is -0.131.